The fraction of sp³-hybridized carbons (Fsp3) is 0.640. The Morgan fingerprint density at radius 3 is 2.74 bits per heavy atom. The highest BCUT2D eigenvalue weighted by Crippen LogP contribution is 2.41. The first-order chi connectivity index (χ1) is 15.0. The van der Waals surface area contributed by atoms with Gasteiger partial charge in [-0.15, -0.1) is 0 Å². The molecule has 6 nitrogen and oxygen atoms in total. The first-order valence-corrected chi connectivity index (χ1v) is 11.7. The maximum absolute atomic E-state index is 5.80. The van der Waals surface area contributed by atoms with Gasteiger partial charge in [0.05, 0.1) is 19.9 Å². The van der Waals surface area contributed by atoms with Gasteiger partial charge in [0.25, 0.3) is 0 Å². The van der Waals surface area contributed by atoms with Crippen LogP contribution in [0.25, 0.3) is 10.9 Å². The summed E-state index contributed by atoms with van der Waals surface area (Å²) in [4.78, 5) is 7.31. The minimum absolute atomic E-state index is 0.322. The number of hydrogen-bond acceptors (Lipinski definition) is 6. The standard InChI is InChI=1S/C25H40N4O2/c1-7-29-13-9-11-20(16-29)26-12-8-10-18(3)27-21-15-22(30-5)23-17(2)14-19(4)28-24(23)25(21)31-6/h14-15,18,20,26-27H,7-13,16H2,1-6H3. The summed E-state index contributed by atoms with van der Waals surface area (Å²) in [5, 5.41) is 8.41. The highest BCUT2D eigenvalue weighted by atomic mass is 16.5. The average molecular weight is 429 g/mol. The fourth-order valence-electron chi connectivity index (χ4n) is 4.74. The number of likely N-dealkylation sites (N-methyl/N-ethyl adjacent to an activating group) is 1. The Kier molecular flexibility index (Phi) is 8.38. The quantitative estimate of drug-likeness (QED) is 0.543. The van der Waals surface area contributed by atoms with Gasteiger partial charge in [0.1, 0.15) is 11.3 Å². The molecular weight excluding hydrogens is 388 g/mol. The van der Waals surface area contributed by atoms with Crippen molar-refractivity contribution in [2.45, 2.75) is 65.5 Å². The van der Waals surface area contributed by atoms with Gasteiger partial charge in [-0.3, -0.25) is 0 Å². The van der Waals surface area contributed by atoms with Crippen molar-refractivity contribution in [1.82, 2.24) is 15.2 Å². The fourth-order valence-corrected chi connectivity index (χ4v) is 4.74. The normalized spacial score (nSPS) is 18.2. The van der Waals surface area contributed by atoms with Crippen LogP contribution in [-0.2, 0) is 0 Å². The molecule has 1 aliphatic rings. The number of aryl methyl sites for hydroxylation is 2. The SMILES string of the molecule is CCN1CCCC(NCCCC(C)Nc2cc(OC)c3c(C)cc(C)nc3c2OC)C1. The van der Waals surface area contributed by atoms with E-state index in [2.05, 4.69) is 42.4 Å². The molecule has 1 aromatic heterocycles. The zero-order valence-electron chi connectivity index (χ0n) is 20.2. The zero-order chi connectivity index (χ0) is 22.4. The lowest BCUT2D eigenvalue weighted by Gasteiger charge is -2.32. The van der Waals surface area contributed by atoms with Gasteiger partial charge in [0.2, 0.25) is 0 Å². The molecule has 2 aromatic rings. The number of ether oxygens (including phenoxy) is 2. The van der Waals surface area contributed by atoms with E-state index in [0.29, 0.717) is 12.1 Å². The van der Waals surface area contributed by atoms with Gasteiger partial charge in [-0.25, -0.2) is 4.98 Å². The third-order valence-electron chi connectivity index (χ3n) is 6.35. The zero-order valence-corrected chi connectivity index (χ0v) is 20.2. The van der Waals surface area contributed by atoms with Crippen molar-refractivity contribution in [1.29, 1.82) is 0 Å². The van der Waals surface area contributed by atoms with E-state index >= 15 is 0 Å². The van der Waals surface area contributed by atoms with Gasteiger partial charge in [0, 0.05) is 35.8 Å². The summed E-state index contributed by atoms with van der Waals surface area (Å²) in [6.07, 6.45) is 4.82. The van der Waals surface area contributed by atoms with E-state index in [9.17, 15) is 0 Å². The number of likely N-dealkylation sites (tertiary alicyclic amines) is 1. The molecule has 0 aliphatic carbocycles. The van der Waals surface area contributed by atoms with E-state index in [-0.39, 0.29) is 0 Å². The summed E-state index contributed by atoms with van der Waals surface area (Å²) in [7, 11) is 3.43. The number of aromatic nitrogens is 1. The summed E-state index contributed by atoms with van der Waals surface area (Å²) in [6, 6.07) is 5.09. The van der Waals surface area contributed by atoms with E-state index in [4.69, 9.17) is 14.5 Å². The number of benzene rings is 1. The van der Waals surface area contributed by atoms with E-state index in [1.807, 2.05) is 13.0 Å². The number of nitrogens with zero attached hydrogens (tertiary/aromatic N) is 2. The third kappa shape index (κ3) is 5.80. The van der Waals surface area contributed by atoms with Crippen molar-refractivity contribution in [2.24, 2.45) is 0 Å². The number of nitrogens with one attached hydrogen (secondary N) is 2. The Hall–Kier alpha value is -2.05. The molecule has 1 aliphatic heterocycles. The molecule has 2 N–H and O–H groups in total. The average Bonchev–Trinajstić information content (AvgIpc) is 2.76. The number of fused-ring (bicyclic) bond motifs is 1. The molecule has 2 unspecified atom stereocenters. The molecule has 2 heterocycles. The van der Waals surface area contributed by atoms with E-state index < -0.39 is 0 Å². The van der Waals surface area contributed by atoms with Crippen molar-refractivity contribution in [3.05, 3.63) is 23.4 Å². The van der Waals surface area contributed by atoms with Crippen LogP contribution in [0.1, 0.15) is 50.8 Å². The van der Waals surface area contributed by atoms with Crippen LogP contribution in [0, 0.1) is 13.8 Å². The van der Waals surface area contributed by atoms with Gasteiger partial charge in [-0.2, -0.15) is 0 Å². The van der Waals surface area contributed by atoms with Crippen molar-refractivity contribution in [2.75, 3.05) is 45.7 Å². The molecule has 2 atom stereocenters. The summed E-state index contributed by atoms with van der Waals surface area (Å²) in [6.45, 7) is 13.2. The maximum Gasteiger partial charge on any atom is 0.168 e. The Bertz CT molecular complexity index is 870. The van der Waals surface area contributed by atoms with Gasteiger partial charge in [-0.1, -0.05) is 6.92 Å². The summed E-state index contributed by atoms with van der Waals surface area (Å²) >= 11 is 0. The predicted molar refractivity (Wildman–Crippen MR) is 130 cm³/mol. The molecule has 6 heteroatoms. The first kappa shape index (κ1) is 23.6. The van der Waals surface area contributed by atoms with E-state index in [1.165, 1.54) is 25.9 Å². The van der Waals surface area contributed by atoms with Crippen molar-refractivity contribution >= 4 is 16.6 Å². The van der Waals surface area contributed by atoms with Crippen molar-refractivity contribution in [3.63, 3.8) is 0 Å². The number of pyridine rings is 1. The molecule has 31 heavy (non-hydrogen) atoms. The minimum Gasteiger partial charge on any atom is -0.496 e. The molecule has 1 aromatic carbocycles. The molecule has 0 amide bonds. The second kappa shape index (κ2) is 11.0. The molecule has 0 radical (unpaired) electrons. The van der Waals surface area contributed by atoms with Crippen molar-refractivity contribution < 1.29 is 9.47 Å². The van der Waals surface area contributed by atoms with Gasteiger partial charge in [-0.05, 0) is 77.7 Å². The number of hydrogen-bond donors (Lipinski definition) is 2. The Morgan fingerprint density at radius 2 is 2.03 bits per heavy atom. The second-order valence-electron chi connectivity index (χ2n) is 8.84. The third-order valence-corrected chi connectivity index (χ3v) is 6.35. The van der Waals surface area contributed by atoms with Crippen LogP contribution < -0.4 is 20.1 Å². The molecule has 0 saturated carbocycles. The molecule has 0 bridgehead atoms. The lowest BCUT2D eigenvalue weighted by atomic mass is 10.0. The molecule has 1 saturated heterocycles. The Balaban J connectivity index is 1.63. The van der Waals surface area contributed by atoms with Crippen molar-refractivity contribution in [3.8, 4) is 11.5 Å². The highest BCUT2D eigenvalue weighted by Gasteiger charge is 2.19. The predicted octanol–water partition coefficient (Wildman–Crippen LogP) is 4.52. The largest absolute Gasteiger partial charge is 0.496 e. The molecule has 1 fully saturated rings. The summed E-state index contributed by atoms with van der Waals surface area (Å²) in [5.74, 6) is 1.62. The summed E-state index contributed by atoms with van der Waals surface area (Å²) in [5.41, 5.74) is 3.92. The lowest BCUT2D eigenvalue weighted by Crippen LogP contribution is -2.45. The molecular formula is C25H40N4O2. The second-order valence-corrected chi connectivity index (χ2v) is 8.84. The van der Waals surface area contributed by atoms with Crippen LogP contribution in [0.3, 0.4) is 0 Å². The van der Waals surface area contributed by atoms with Gasteiger partial charge in [0.15, 0.2) is 5.75 Å². The Labute approximate surface area is 187 Å². The maximum atomic E-state index is 5.80. The van der Waals surface area contributed by atoms with Crippen LogP contribution >= 0.6 is 0 Å². The van der Waals surface area contributed by atoms with E-state index in [1.54, 1.807) is 14.2 Å². The number of methoxy groups -OCH3 is 2. The number of rotatable bonds is 10. The van der Waals surface area contributed by atoms with Crippen LogP contribution in [-0.4, -0.2) is 62.4 Å². The van der Waals surface area contributed by atoms with Crippen LogP contribution in [0.5, 0.6) is 11.5 Å². The molecule has 0 spiro atoms. The Morgan fingerprint density at radius 1 is 1.23 bits per heavy atom. The first-order valence-electron chi connectivity index (χ1n) is 11.7. The molecule has 3 rings (SSSR count). The summed E-state index contributed by atoms with van der Waals surface area (Å²) < 4.78 is 11.5. The van der Waals surface area contributed by atoms with Crippen LogP contribution in [0.15, 0.2) is 12.1 Å². The van der Waals surface area contributed by atoms with Gasteiger partial charge >= 0.3 is 0 Å². The molecule has 172 valence electrons. The van der Waals surface area contributed by atoms with Crippen LogP contribution in [0.2, 0.25) is 0 Å². The topological polar surface area (TPSA) is 58.7 Å². The monoisotopic (exact) mass is 428 g/mol. The smallest absolute Gasteiger partial charge is 0.168 e. The minimum atomic E-state index is 0.322. The number of anilines is 1. The van der Waals surface area contributed by atoms with Crippen LogP contribution in [0.4, 0.5) is 5.69 Å². The lowest BCUT2D eigenvalue weighted by molar-refractivity contribution is 0.199. The van der Waals surface area contributed by atoms with Gasteiger partial charge < -0.3 is 25.0 Å². The number of piperidine rings is 1. The highest BCUT2D eigenvalue weighted by molar-refractivity contribution is 5.97. The van der Waals surface area contributed by atoms with E-state index in [0.717, 1.165) is 65.3 Å².